The molecule has 1 fully saturated rings. The Bertz CT molecular complexity index is 435. The Morgan fingerprint density at radius 1 is 1.62 bits per heavy atom. The first-order chi connectivity index (χ1) is 7.49. The van der Waals surface area contributed by atoms with Crippen LogP contribution in [0.3, 0.4) is 0 Å². The molecule has 1 aromatic heterocycles. The first-order valence-electron chi connectivity index (χ1n) is 5.15. The number of aliphatic hydroxyl groups is 1. The van der Waals surface area contributed by atoms with E-state index in [1.54, 1.807) is 14.0 Å². The van der Waals surface area contributed by atoms with Crippen LogP contribution >= 0.6 is 0 Å². The van der Waals surface area contributed by atoms with Gasteiger partial charge in [0.25, 0.3) is 0 Å². The Labute approximate surface area is 92.9 Å². The SMILES string of the molecule is Cc1nn(C)c(NC2(CO)CC2)c1C(=O)O. The molecule has 0 atom stereocenters. The molecule has 3 N–H and O–H groups in total. The van der Waals surface area contributed by atoms with Crippen molar-refractivity contribution in [1.82, 2.24) is 9.78 Å². The second-order valence-electron chi connectivity index (χ2n) is 4.30. The lowest BCUT2D eigenvalue weighted by Crippen LogP contribution is -2.28. The van der Waals surface area contributed by atoms with Crippen LogP contribution in [0.4, 0.5) is 5.82 Å². The van der Waals surface area contributed by atoms with Gasteiger partial charge in [-0.3, -0.25) is 4.68 Å². The van der Waals surface area contributed by atoms with Crippen molar-refractivity contribution in [3.63, 3.8) is 0 Å². The van der Waals surface area contributed by atoms with Gasteiger partial charge in [-0.15, -0.1) is 0 Å². The third-order valence-electron chi connectivity index (χ3n) is 2.98. The highest BCUT2D eigenvalue weighted by Gasteiger charge is 2.43. The van der Waals surface area contributed by atoms with E-state index in [1.165, 1.54) is 4.68 Å². The summed E-state index contributed by atoms with van der Waals surface area (Å²) in [5.74, 6) is -0.529. The van der Waals surface area contributed by atoms with Crippen molar-refractivity contribution in [2.24, 2.45) is 7.05 Å². The van der Waals surface area contributed by atoms with Crippen LogP contribution in [-0.4, -0.2) is 38.1 Å². The normalized spacial score (nSPS) is 17.2. The monoisotopic (exact) mass is 225 g/mol. The minimum atomic E-state index is -0.998. The number of anilines is 1. The minimum Gasteiger partial charge on any atom is -0.477 e. The van der Waals surface area contributed by atoms with Crippen LogP contribution in [0.5, 0.6) is 0 Å². The van der Waals surface area contributed by atoms with E-state index in [4.69, 9.17) is 5.11 Å². The maximum Gasteiger partial charge on any atom is 0.341 e. The molecule has 0 spiro atoms. The summed E-state index contributed by atoms with van der Waals surface area (Å²) in [6.45, 7) is 1.67. The second-order valence-corrected chi connectivity index (χ2v) is 4.30. The van der Waals surface area contributed by atoms with Gasteiger partial charge in [0.05, 0.1) is 17.8 Å². The number of aliphatic hydroxyl groups excluding tert-OH is 1. The van der Waals surface area contributed by atoms with Gasteiger partial charge in [-0.05, 0) is 19.8 Å². The van der Waals surface area contributed by atoms with E-state index in [0.717, 1.165) is 12.8 Å². The zero-order valence-electron chi connectivity index (χ0n) is 9.32. The summed E-state index contributed by atoms with van der Waals surface area (Å²) >= 11 is 0. The number of aromatic carboxylic acids is 1. The summed E-state index contributed by atoms with van der Waals surface area (Å²) in [4.78, 5) is 11.1. The lowest BCUT2D eigenvalue weighted by molar-refractivity contribution is 0.0697. The van der Waals surface area contributed by atoms with Gasteiger partial charge in [0, 0.05) is 7.05 Å². The fourth-order valence-electron chi connectivity index (χ4n) is 1.78. The number of aromatic nitrogens is 2. The van der Waals surface area contributed by atoms with Gasteiger partial charge in [-0.1, -0.05) is 0 Å². The van der Waals surface area contributed by atoms with Gasteiger partial charge < -0.3 is 15.5 Å². The lowest BCUT2D eigenvalue weighted by Gasteiger charge is -2.16. The van der Waals surface area contributed by atoms with Gasteiger partial charge in [0.1, 0.15) is 11.4 Å². The summed E-state index contributed by atoms with van der Waals surface area (Å²) < 4.78 is 1.51. The molecule has 88 valence electrons. The third kappa shape index (κ3) is 1.65. The zero-order chi connectivity index (χ0) is 11.9. The fourth-order valence-corrected chi connectivity index (χ4v) is 1.78. The molecule has 2 rings (SSSR count). The molecule has 16 heavy (non-hydrogen) atoms. The Hall–Kier alpha value is -1.56. The van der Waals surface area contributed by atoms with E-state index < -0.39 is 5.97 Å². The molecule has 1 heterocycles. The number of aryl methyl sites for hydroxylation is 2. The van der Waals surface area contributed by atoms with E-state index >= 15 is 0 Å². The molecule has 0 aromatic carbocycles. The second kappa shape index (κ2) is 3.48. The smallest absolute Gasteiger partial charge is 0.341 e. The molecule has 0 radical (unpaired) electrons. The molecule has 0 bridgehead atoms. The Morgan fingerprint density at radius 3 is 2.69 bits per heavy atom. The topological polar surface area (TPSA) is 87.4 Å². The largest absolute Gasteiger partial charge is 0.477 e. The molecule has 1 aliphatic carbocycles. The first kappa shape index (κ1) is 10.9. The van der Waals surface area contributed by atoms with Crippen LogP contribution in [0.15, 0.2) is 0 Å². The summed E-state index contributed by atoms with van der Waals surface area (Å²) in [6.07, 6.45) is 1.71. The number of carboxylic acid groups (broad SMARTS) is 1. The highest BCUT2D eigenvalue weighted by atomic mass is 16.4. The number of hydrogen-bond acceptors (Lipinski definition) is 4. The Balaban J connectivity index is 2.36. The zero-order valence-corrected chi connectivity index (χ0v) is 9.32. The number of nitrogens with zero attached hydrogens (tertiary/aromatic N) is 2. The van der Waals surface area contributed by atoms with Crippen LogP contribution in [0.1, 0.15) is 28.9 Å². The Morgan fingerprint density at radius 2 is 2.25 bits per heavy atom. The van der Waals surface area contributed by atoms with Crippen molar-refractivity contribution in [2.45, 2.75) is 25.3 Å². The van der Waals surface area contributed by atoms with Gasteiger partial charge in [0.15, 0.2) is 0 Å². The number of rotatable bonds is 4. The third-order valence-corrected chi connectivity index (χ3v) is 2.98. The molecule has 1 aliphatic rings. The van der Waals surface area contributed by atoms with Crippen molar-refractivity contribution in [1.29, 1.82) is 0 Å². The van der Waals surface area contributed by atoms with Crippen LogP contribution in [-0.2, 0) is 7.05 Å². The lowest BCUT2D eigenvalue weighted by atomic mass is 10.2. The average Bonchev–Trinajstić information content (AvgIpc) is 2.90. The summed E-state index contributed by atoms with van der Waals surface area (Å²) in [5, 5.41) is 25.5. The average molecular weight is 225 g/mol. The van der Waals surface area contributed by atoms with E-state index in [9.17, 15) is 9.90 Å². The van der Waals surface area contributed by atoms with E-state index in [0.29, 0.717) is 11.5 Å². The highest BCUT2D eigenvalue weighted by molar-refractivity contribution is 5.94. The van der Waals surface area contributed by atoms with E-state index in [1.807, 2.05) is 0 Å². The van der Waals surface area contributed by atoms with E-state index in [2.05, 4.69) is 10.4 Å². The quantitative estimate of drug-likeness (QED) is 0.688. The van der Waals surface area contributed by atoms with Crippen molar-refractivity contribution in [3.8, 4) is 0 Å². The number of carboxylic acids is 1. The molecule has 0 aliphatic heterocycles. The van der Waals surface area contributed by atoms with Crippen LogP contribution in [0.2, 0.25) is 0 Å². The molecule has 1 saturated carbocycles. The van der Waals surface area contributed by atoms with Gasteiger partial charge in [-0.25, -0.2) is 4.79 Å². The molecule has 1 aromatic rings. The van der Waals surface area contributed by atoms with Crippen molar-refractivity contribution in [3.05, 3.63) is 11.3 Å². The summed E-state index contributed by atoms with van der Waals surface area (Å²) in [5.41, 5.74) is 0.318. The minimum absolute atomic E-state index is 0.0102. The molecule has 0 saturated heterocycles. The molecular weight excluding hydrogens is 210 g/mol. The maximum absolute atomic E-state index is 11.1. The van der Waals surface area contributed by atoms with Gasteiger partial charge >= 0.3 is 5.97 Å². The number of carbonyl (C=O) groups is 1. The van der Waals surface area contributed by atoms with Crippen LogP contribution < -0.4 is 5.32 Å². The molecule has 0 unspecified atom stereocenters. The maximum atomic E-state index is 11.1. The predicted octanol–water partition coefficient (Wildman–Crippen LogP) is 0.364. The number of hydrogen-bond donors (Lipinski definition) is 3. The van der Waals surface area contributed by atoms with Crippen molar-refractivity contribution >= 4 is 11.8 Å². The van der Waals surface area contributed by atoms with E-state index in [-0.39, 0.29) is 17.7 Å². The van der Waals surface area contributed by atoms with Gasteiger partial charge in [-0.2, -0.15) is 5.10 Å². The highest BCUT2D eigenvalue weighted by Crippen LogP contribution is 2.39. The molecule has 6 nitrogen and oxygen atoms in total. The first-order valence-corrected chi connectivity index (χ1v) is 5.15. The Kier molecular flexibility index (Phi) is 2.38. The molecule has 0 amide bonds. The summed E-state index contributed by atoms with van der Waals surface area (Å²) in [6, 6.07) is 0. The van der Waals surface area contributed by atoms with Crippen molar-refractivity contribution in [2.75, 3.05) is 11.9 Å². The van der Waals surface area contributed by atoms with Crippen molar-refractivity contribution < 1.29 is 15.0 Å². The predicted molar refractivity (Wildman–Crippen MR) is 57.6 cm³/mol. The van der Waals surface area contributed by atoms with Crippen LogP contribution in [0, 0.1) is 6.92 Å². The standard InChI is InChI=1S/C10H15N3O3/c1-6-7(9(15)16)8(13(2)12-6)11-10(5-14)3-4-10/h11,14H,3-5H2,1-2H3,(H,15,16). The van der Waals surface area contributed by atoms with Gasteiger partial charge in [0.2, 0.25) is 0 Å². The number of nitrogens with one attached hydrogen (secondary N) is 1. The molecular formula is C10H15N3O3. The fraction of sp³-hybridized carbons (Fsp3) is 0.600. The summed E-state index contributed by atoms with van der Waals surface area (Å²) in [7, 11) is 1.69. The molecule has 6 heteroatoms. The van der Waals surface area contributed by atoms with Crippen LogP contribution in [0.25, 0.3) is 0 Å².